The Hall–Kier alpha value is -1.49. The zero-order valence-corrected chi connectivity index (χ0v) is 8.59. The van der Waals surface area contributed by atoms with Gasteiger partial charge in [-0.15, -0.1) is 11.3 Å². The number of carbonyl (C=O) groups is 1. The van der Waals surface area contributed by atoms with E-state index >= 15 is 0 Å². The molecule has 4 nitrogen and oxygen atoms in total. The van der Waals surface area contributed by atoms with Crippen molar-refractivity contribution in [3.8, 4) is 0 Å². The highest BCUT2D eigenvalue weighted by molar-refractivity contribution is 7.17. The number of thiophene rings is 1. The van der Waals surface area contributed by atoms with Gasteiger partial charge in [-0.05, 0) is 6.92 Å². The highest BCUT2D eigenvalue weighted by atomic mass is 32.1. The first-order valence-electron chi connectivity index (χ1n) is 4.01. The molecule has 0 N–H and O–H groups in total. The van der Waals surface area contributed by atoms with Gasteiger partial charge in [0.15, 0.2) is 0 Å². The van der Waals surface area contributed by atoms with Crippen molar-refractivity contribution in [3.05, 3.63) is 23.0 Å². The van der Waals surface area contributed by atoms with Crippen molar-refractivity contribution in [3.63, 3.8) is 0 Å². The van der Waals surface area contributed by atoms with E-state index < -0.39 is 0 Å². The summed E-state index contributed by atoms with van der Waals surface area (Å²) in [4.78, 5) is 19.4. The van der Waals surface area contributed by atoms with E-state index in [2.05, 4.69) is 14.7 Å². The number of hydrogen-bond donors (Lipinski definition) is 0. The molecule has 0 fully saturated rings. The summed E-state index contributed by atoms with van der Waals surface area (Å²) in [6, 6.07) is 0. The van der Waals surface area contributed by atoms with Crippen LogP contribution in [0.25, 0.3) is 10.2 Å². The molecule has 2 aromatic heterocycles. The Balaban J connectivity index is 2.70. The molecule has 0 amide bonds. The SMILES string of the molecule is COC(=O)c1csc2c(C)ncnc12. The smallest absolute Gasteiger partial charge is 0.340 e. The van der Waals surface area contributed by atoms with E-state index in [0.717, 1.165) is 10.4 Å². The van der Waals surface area contributed by atoms with Gasteiger partial charge >= 0.3 is 5.97 Å². The Bertz CT molecular complexity index is 493. The third-order valence-corrected chi connectivity index (χ3v) is 3.01. The first kappa shape index (κ1) is 9.08. The van der Waals surface area contributed by atoms with E-state index in [4.69, 9.17) is 0 Å². The van der Waals surface area contributed by atoms with Crippen molar-refractivity contribution in [2.24, 2.45) is 0 Å². The van der Waals surface area contributed by atoms with E-state index in [9.17, 15) is 4.79 Å². The minimum absolute atomic E-state index is 0.352. The molecule has 2 rings (SSSR count). The van der Waals surface area contributed by atoms with Crippen LogP contribution < -0.4 is 0 Å². The number of ether oxygens (including phenoxy) is 1. The van der Waals surface area contributed by atoms with Crippen molar-refractivity contribution in [2.75, 3.05) is 7.11 Å². The largest absolute Gasteiger partial charge is 0.465 e. The third kappa shape index (κ3) is 1.26. The van der Waals surface area contributed by atoms with Crippen molar-refractivity contribution < 1.29 is 9.53 Å². The molecule has 0 unspecified atom stereocenters. The van der Waals surface area contributed by atoms with Crippen LogP contribution in [0, 0.1) is 6.92 Å². The number of methoxy groups -OCH3 is 1. The van der Waals surface area contributed by atoms with E-state index in [1.54, 1.807) is 5.38 Å². The van der Waals surface area contributed by atoms with Crippen LogP contribution >= 0.6 is 11.3 Å². The van der Waals surface area contributed by atoms with Crippen molar-refractivity contribution in [1.29, 1.82) is 0 Å². The first-order valence-corrected chi connectivity index (χ1v) is 4.89. The number of rotatable bonds is 1. The zero-order valence-electron chi connectivity index (χ0n) is 7.77. The minimum Gasteiger partial charge on any atom is -0.465 e. The van der Waals surface area contributed by atoms with E-state index in [-0.39, 0.29) is 5.97 Å². The summed E-state index contributed by atoms with van der Waals surface area (Å²) in [5.41, 5.74) is 2.07. The standard InChI is InChI=1S/C9H8N2O2S/c1-5-8-7(11-4-10-5)6(3-14-8)9(12)13-2/h3-4H,1-2H3. The minimum atomic E-state index is -0.352. The molecule has 0 radical (unpaired) electrons. The van der Waals surface area contributed by atoms with Crippen LogP contribution in [0.15, 0.2) is 11.7 Å². The molecule has 2 heterocycles. The summed E-state index contributed by atoms with van der Waals surface area (Å²) in [7, 11) is 1.36. The predicted molar refractivity (Wildman–Crippen MR) is 53.5 cm³/mol. The van der Waals surface area contributed by atoms with Crippen molar-refractivity contribution in [2.45, 2.75) is 6.92 Å². The fraction of sp³-hybridized carbons (Fsp3) is 0.222. The topological polar surface area (TPSA) is 52.1 Å². The van der Waals surface area contributed by atoms with Crippen molar-refractivity contribution >= 4 is 27.5 Å². The summed E-state index contributed by atoms with van der Waals surface area (Å²) in [6.07, 6.45) is 1.46. The Kier molecular flexibility index (Phi) is 2.17. The highest BCUT2D eigenvalue weighted by Crippen LogP contribution is 2.25. The van der Waals surface area contributed by atoms with Crippen LogP contribution in [0.5, 0.6) is 0 Å². The number of esters is 1. The summed E-state index contributed by atoms with van der Waals surface area (Å²) >= 11 is 1.46. The van der Waals surface area contributed by atoms with Crippen LogP contribution in [0.1, 0.15) is 16.1 Å². The van der Waals surface area contributed by atoms with Crippen LogP contribution in [-0.2, 0) is 4.74 Å². The second-order valence-corrected chi connectivity index (χ2v) is 3.66. The molecule has 0 aliphatic carbocycles. The second-order valence-electron chi connectivity index (χ2n) is 2.78. The van der Waals surface area contributed by atoms with Gasteiger partial charge in [0.25, 0.3) is 0 Å². The highest BCUT2D eigenvalue weighted by Gasteiger charge is 2.14. The lowest BCUT2D eigenvalue weighted by Gasteiger charge is -1.96. The molecular formula is C9H8N2O2S. The van der Waals surface area contributed by atoms with Gasteiger partial charge < -0.3 is 4.74 Å². The van der Waals surface area contributed by atoms with E-state index in [1.807, 2.05) is 6.92 Å². The van der Waals surface area contributed by atoms with Gasteiger partial charge in [0.2, 0.25) is 0 Å². The predicted octanol–water partition coefficient (Wildman–Crippen LogP) is 1.79. The van der Waals surface area contributed by atoms with Gasteiger partial charge in [0.1, 0.15) is 6.33 Å². The molecule has 14 heavy (non-hydrogen) atoms. The van der Waals surface area contributed by atoms with Gasteiger partial charge in [-0.1, -0.05) is 0 Å². The lowest BCUT2D eigenvalue weighted by molar-refractivity contribution is 0.0603. The lowest BCUT2D eigenvalue weighted by Crippen LogP contribution is -2.00. The summed E-state index contributed by atoms with van der Waals surface area (Å²) in [5, 5.41) is 1.75. The molecule has 0 spiro atoms. The molecule has 2 aromatic rings. The maximum Gasteiger partial charge on any atom is 0.340 e. The van der Waals surface area contributed by atoms with Gasteiger partial charge in [0.05, 0.1) is 28.6 Å². The monoisotopic (exact) mass is 208 g/mol. The van der Waals surface area contributed by atoms with Gasteiger partial charge in [-0.3, -0.25) is 0 Å². The molecule has 0 aromatic carbocycles. The molecule has 0 aliphatic heterocycles. The number of fused-ring (bicyclic) bond motifs is 1. The van der Waals surface area contributed by atoms with Crippen LogP contribution in [-0.4, -0.2) is 23.0 Å². The number of carbonyl (C=O) groups excluding carboxylic acids is 1. The third-order valence-electron chi connectivity index (χ3n) is 1.94. The fourth-order valence-corrected chi connectivity index (χ4v) is 2.16. The number of nitrogens with zero attached hydrogens (tertiary/aromatic N) is 2. The van der Waals surface area contributed by atoms with E-state index in [0.29, 0.717) is 11.1 Å². The number of aryl methyl sites for hydroxylation is 1. The molecule has 0 atom stereocenters. The average molecular weight is 208 g/mol. The molecule has 0 aliphatic rings. The lowest BCUT2D eigenvalue weighted by atomic mass is 10.2. The molecule has 5 heteroatoms. The van der Waals surface area contributed by atoms with Gasteiger partial charge in [0, 0.05) is 5.38 Å². The van der Waals surface area contributed by atoms with Gasteiger partial charge in [-0.2, -0.15) is 0 Å². The fourth-order valence-electron chi connectivity index (χ4n) is 1.22. The maximum atomic E-state index is 11.3. The Labute approximate surface area is 84.6 Å². The van der Waals surface area contributed by atoms with E-state index in [1.165, 1.54) is 24.8 Å². The van der Waals surface area contributed by atoms with Crippen molar-refractivity contribution in [1.82, 2.24) is 9.97 Å². The Morgan fingerprint density at radius 3 is 3.00 bits per heavy atom. The Morgan fingerprint density at radius 1 is 1.50 bits per heavy atom. The molecule has 0 bridgehead atoms. The molecule has 0 saturated heterocycles. The Morgan fingerprint density at radius 2 is 2.29 bits per heavy atom. The summed E-state index contributed by atoms with van der Waals surface area (Å²) < 4.78 is 5.59. The quantitative estimate of drug-likeness (QED) is 0.670. The van der Waals surface area contributed by atoms with Crippen LogP contribution in [0.4, 0.5) is 0 Å². The summed E-state index contributed by atoms with van der Waals surface area (Å²) in [6.45, 7) is 1.89. The van der Waals surface area contributed by atoms with Crippen LogP contribution in [0.3, 0.4) is 0 Å². The normalized spacial score (nSPS) is 10.4. The maximum absolute atomic E-state index is 11.3. The number of aromatic nitrogens is 2. The number of hydrogen-bond acceptors (Lipinski definition) is 5. The summed E-state index contributed by atoms with van der Waals surface area (Å²) in [5.74, 6) is -0.352. The van der Waals surface area contributed by atoms with Gasteiger partial charge in [-0.25, -0.2) is 14.8 Å². The average Bonchev–Trinajstić information content (AvgIpc) is 2.62. The second kappa shape index (κ2) is 3.34. The molecule has 0 saturated carbocycles. The van der Waals surface area contributed by atoms with Crippen LogP contribution in [0.2, 0.25) is 0 Å². The first-order chi connectivity index (χ1) is 6.74. The molecule has 72 valence electrons. The molecular weight excluding hydrogens is 200 g/mol. The zero-order chi connectivity index (χ0) is 10.1.